The number of halogens is 1. The van der Waals surface area contributed by atoms with Crippen molar-refractivity contribution in [3.63, 3.8) is 0 Å². The molecule has 2 N–H and O–H groups in total. The first kappa shape index (κ1) is 16.8. The van der Waals surface area contributed by atoms with Gasteiger partial charge in [-0.2, -0.15) is 0 Å². The minimum absolute atomic E-state index is 0.259. The molecule has 1 aliphatic heterocycles. The fourth-order valence-electron chi connectivity index (χ4n) is 2.61. The van der Waals surface area contributed by atoms with E-state index in [-0.39, 0.29) is 12.0 Å². The maximum absolute atomic E-state index is 13.1. The topological polar surface area (TPSA) is 84.9 Å². The summed E-state index contributed by atoms with van der Waals surface area (Å²) in [6.45, 7) is 0.725. The molecule has 1 aliphatic rings. The number of carbonyl (C=O) groups excluding carboxylic acids is 1. The summed E-state index contributed by atoms with van der Waals surface area (Å²) in [5, 5.41) is 11.8. The summed E-state index contributed by atoms with van der Waals surface area (Å²) in [6, 6.07) is 9.46. The number of carboxylic acids is 1. The molecule has 0 radical (unpaired) electrons. The number of fused-ring (bicyclic) bond motifs is 1. The van der Waals surface area contributed by atoms with Crippen LogP contribution in [0.25, 0.3) is 0 Å². The summed E-state index contributed by atoms with van der Waals surface area (Å²) in [5.74, 6) is -1.20. The molecule has 0 fully saturated rings. The zero-order chi connectivity index (χ0) is 17.8. The molecule has 0 unspecified atom stereocenters. The quantitative estimate of drug-likeness (QED) is 0.870. The molecule has 1 amide bonds. The van der Waals surface area contributed by atoms with E-state index in [2.05, 4.69) is 5.32 Å². The van der Waals surface area contributed by atoms with Gasteiger partial charge in [-0.05, 0) is 29.8 Å². The van der Waals surface area contributed by atoms with Gasteiger partial charge >= 0.3 is 5.97 Å². The molecule has 0 saturated heterocycles. The highest BCUT2D eigenvalue weighted by atomic mass is 19.1. The van der Waals surface area contributed by atoms with E-state index in [9.17, 15) is 14.0 Å². The SMILES string of the molecule is O=C(O)C[C@@H](NC(=O)c1cccc2c1OCCO2)c1ccc(F)cc1. The van der Waals surface area contributed by atoms with E-state index in [0.717, 1.165) is 0 Å². The molecule has 0 bridgehead atoms. The first-order chi connectivity index (χ1) is 12.0. The number of carbonyl (C=O) groups is 2. The number of hydrogen-bond acceptors (Lipinski definition) is 4. The molecule has 0 aromatic heterocycles. The predicted octanol–water partition coefficient (Wildman–Crippen LogP) is 2.54. The summed E-state index contributed by atoms with van der Waals surface area (Å²) in [5.41, 5.74) is 0.758. The Balaban J connectivity index is 1.85. The van der Waals surface area contributed by atoms with Gasteiger partial charge in [0.05, 0.1) is 18.0 Å². The van der Waals surface area contributed by atoms with Crippen LogP contribution in [-0.4, -0.2) is 30.2 Å². The Morgan fingerprint density at radius 3 is 2.56 bits per heavy atom. The summed E-state index contributed by atoms with van der Waals surface area (Å²) in [4.78, 5) is 23.8. The van der Waals surface area contributed by atoms with Crippen molar-refractivity contribution in [2.75, 3.05) is 13.2 Å². The molecular formula is C18H16FNO5. The molecule has 2 aromatic rings. The van der Waals surface area contributed by atoms with Gasteiger partial charge in [-0.1, -0.05) is 18.2 Å². The highest BCUT2D eigenvalue weighted by Gasteiger charge is 2.24. The zero-order valence-corrected chi connectivity index (χ0v) is 13.2. The predicted molar refractivity (Wildman–Crippen MR) is 86.3 cm³/mol. The third kappa shape index (κ3) is 3.88. The maximum Gasteiger partial charge on any atom is 0.305 e. The summed E-state index contributed by atoms with van der Waals surface area (Å²) < 4.78 is 24.0. The van der Waals surface area contributed by atoms with Gasteiger partial charge < -0.3 is 19.9 Å². The Kier molecular flexibility index (Phi) is 4.83. The molecule has 6 nitrogen and oxygen atoms in total. The lowest BCUT2D eigenvalue weighted by Gasteiger charge is -2.22. The first-order valence-electron chi connectivity index (χ1n) is 7.71. The van der Waals surface area contributed by atoms with Crippen LogP contribution in [-0.2, 0) is 4.79 Å². The van der Waals surface area contributed by atoms with Gasteiger partial charge in [0.2, 0.25) is 0 Å². The first-order valence-corrected chi connectivity index (χ1v) is 7.71. The largest absolute Gasteiger partial charge is 0.486 e. The van der Waals surface area contributed by atoms with Crippen molar-refractivity contribution in [2.24, 2.45) is 0 Å². The number of carboxylic acid groups (broad SMARTS) is 1. The van der Waals surface area contributed by atoms with Crippen molar-refractivity contribution in [1.29, 1.82) is 0 Å². The highest BCUT2D eigenvalue weighted by molar-refractivity contribution is 5.98. The molecular weight excluding hydrogens is 329 g/mol. The lowest BCUT2D eigenvalue weighted by molar-refractivity contribution is -0.137. The lowest BCUT2D eigenvalue weighted by Crippen LogP contribution is -2.31. The van der Waals surface area contributed by atoms with Crippen LogP contribution in [0.3, 0.4) is 0 Å². The van der Waals surface area contributed by atoms with Crippen molar-refractivity contribution in [3.8, 4) is 11.5 Å². The third-order valence-electron chi connectivity index (χ3n) is 3.77. The highest BCUT2D eigenvalue weighted by Crippen LogP contribution is 2.34. The van der Waals surface area contributed by atoms with Crippen molar-refractivity contribution >= 4 is 11.9 Å². The number of hydrogen-bond donors (Lipinski definition) is 2. The molecule has 25 heavy (non-hydrogen) atoms. The number of aliphatic carboxylic acids is 1. The van der Waals surface area contributed by atoms with Gasteiger partial charge in [0.15, 0.2) is 11.5 Å². The third-order valence-corrected chi connectivity index (χ3v) is 3.77. The van der Waals surface area contributed by atoms with Gasteiger partial charge in [0.25, 0.3) is 5.91 Å². The molecule has 0 saturated carbocycles. The van der Waals surface area contributed by atoms with E-state index < -0.39 is 23.7 Å². The summed E-state index contributed by atoms with van der Waals surface area (Å²) in [6.07, 6.45) is -0.330. The lowest BCUT2D eigenvalue weighted by atomic mass is 10.0. The van der Waals surface area contributed by atoms with Crippen LogP contribution in [0.2, 0.25) is 0 Å². The fraction of sp³-hybridized carbons (Fsp3) is 0.222. The van der Waals surface area contributed by atoms with Gasteiger partial charge in [0, 0.05) is 0 Å². The van der Waals surface area contributed by atoms with Crippen molar-refractivity contribution in [1.82, 2.24) is 5.32 Å². The standard InChI is InChI=1S/C18H16FNO5/c19-12-6-4-11(5-7-12)14(10-16(21)22)20-18(23)13-2-1-3-15-17(13)25-9-8-24-15/h1-7,14H,8-10H2,(H,20,23)(H,21,22)/t14-/m1/s1. The second kappa shape index (κ2) is 7.21. The van der Waals surface area contributed by atoms with E-state index in [1.54, 1.807) is 18.2 Å². The fourth-order valence-corrected chi connectivity index (χ4v) is 2.61. The Morgan fingerprint density at radius 2 is 1.84 bits per heavy atom. The average Bonchev–Trinajstić information content (AvgIpc) is 2.61. The second-order valence-electron chi connectivity index (χ2n) is 5.51. The van der Waals surface area contributed by atoms with Crippen molar-refractivity contribution in [2.45, 2.75) is 12.5 Å². The van der Waals surface area contributed by atoms with Gasteiger partial charge in [-0.3, -0.25) is 9.59 Å². The van der Waals surface area contributed by atoms with Gasteiger partial charge in [-0.25, -0.2) is 4.39 Å². The molecule has 130 valence electrons. The molecule has 1 heterocycles. The zero-order valence-electron chi connectivity index (χ0n) is 13.2. The van der Waals surface area contributed by atoms with Crippen LogP contribution in [0.4, 0.5) is 4.39 Å². The Bertz CT molecular complexity index is 791. The summed E-state index contributed by atoms with van der Waals surface area (Å²) in [7, 11) is 0. The smallest absolute Gasteiger partial charge is 0.305 e. The van der Waals surface area contributed by atoms with Crippen LogP contribution in [0.15, 0.2) is 42.5 Å². The van der Waals surface area contributed by atoms with E-state index in [1.165, 1.54) is 24.3 Å². The van der Waals surface area contributed by atoms with Crippen LogP contribution < -0.4 is 14.8 Å². The molecule has 2 aromatic carbocycles. The van der Waals surface area contributed by atoms with E-state index >= 15 is 0 Å². The van der Waals surface area contributed by atoms with Crippen molar-refractivity contribution in [3.05, 3.63) is 59.4 Å². The Hall–Kier alpha value is -3.09. The normalized spacial score (nSPS) is 13.8. The molecule has 0 aliphatic carbocycles. The molecule has 3 rings (SSSR count). The number of para-hydroxylation sites is 1. The number of nitrogens with one attached hydrogen (secondary N) is 1. The van der Waals surface area contributed by atoms with Gasteiger partial charge in [0.1, 0.15) is 19.0 Å². The molecule has 7 heteroatoms. The monoisotopic (exact) mass is 345 g/mol. The number of rotatable bonds is 5. The number of amides is 1. The van der Waals surface area contributed by atoms with Crippen LogP contribution >= 0.6 is 0 Å². The van der Waals surface area contributed by atoms with Gasteiger partial charge in [-0.15, -0.1) is 0 Å². The number of benzene rings is 2. The minimum Gasteiger partial charge on any atom is -0.486 e. The van der Waals surface area contributed by atoms with E-state index in [1.807, 2.05) is 0 Å². The Labute approximate surface area is 143 Å². The Morgan fingerprint density at radius 1 is 1.12 bits per heavy atom. The van der Waals surface area contributed by atoms with Crippen LogP contribution in [0.1, 0.15) is 28.4 Å². The average molecular weight is 345 g/mol. The molecule has 1 atom stereocenters. The number of ether oxygens (including phenoxy) is 2. The second-order valence-corrected chi connectivity index (χ2v) is 5.51. The van der Waals surface area contributed by atoms with Crippen LogP contribution in [0.5, 0.6) is 11.5 Å². The molecule has 0 spiro atoms. The minimum atomic E-state index is -1.08. The van der Waals surface area contributed by atoms with Crippen LogP contribution in [0, 0.1) is 5.82 Å². The maximum atomic E-state index is 13.1. The summed E-state index contributed by atoms with van der Waals surface area (Å²) >= 11 is 0. The van der Waals surface area contributed by atoms with Crippen molar-refractivity contribution < 1.29 is 28.6 Å². The van der Waals surface area contributed by atoms with E-state index in [0.29, 0.717) is 30.3 Å². The van der Waals surface area contributed by atoms with E-state index in [4.69, 9.17) is 14.6 Å².